The highest BCUT2D eigenvalue weighted by atomic mass is 32.2. The number of ether oxygens (including phenoxy) is 2. The zero-order chi connectivity index (χ0) is 22.6. The van der Waals surface area contributed by atoms with Gasteiger partial charge in [-0.25, -0.2) is 8.42 Å². The summed E-state index contributed by atoms with van der Waals surface area (Å²) in [7, 11) is -3.52. The summed E-state index contributed by atoms with van der Waals surface area (Å²) in [5.74, 6) is 0.951. The average Bonchev–Trinajstić information content (AvgIpc) is 2.83. The Bertz CT molecular complexity index is 1090. The highest BCUT2D eigenvalue weighted by molar-refractivity contribution is 7.98. The van der Waals surface area contributed by atoms with Gasteiger partial charge in [-0.2, -0.15) is 4.31 Å². The minimum absolute atomic E-state index is 0.103. The Morgan fingerprint density at radius 3 is 2.41 bits per heavy atom. The van der Waals surface area contributed by atoms with E-state index in [0.29, 0.717) is 56.3 Å². The fourth-order valence-corrected chi connectivity index (χ4v) is 5.53. The molecular formula is C23H26N2O5S2. The van der Waals surface area contributed by atoms with Gasteiger partial charge in [-0.05, 0) is 36.8 Å². The van der Waals surface area contributed by atoms with Crippen molar-refractivity contribution in [2.45, 2.75) is 17.7 Å². The molecule has 32 heavy (non-hydrogen) atoms. The lowest BCUT2D eigenvalue weighted by Gasteiger charge is -2.30. The molecule has 0 bridgehead atoms. The third-order valence-corrected chi connectivity index (χ3v) is 7.88. The Labute approximate surface area is 192 Å². The third kappa shape index (κ3) is 5.28. The quantitative estimate of drug-likeness (QED) is 0.641. The van der Waals surface area contributed by atoms with E-state index >= 15 is 0 Å². The van der Waals surface area contributed by atoms with Crippen LogP contribution in [0.15, 0.2) is 52.8 Å². The Hall–Kier alpha value is -2.49. The van der Waals surface area contributed by atoms with Crippen LogP contribution in [-0.2, 0) is 14.8 Å². The molecule has 2 heterocycles. The van der Waals surface area contributed by atoms with Crippen molar-refractivity contribution in [3.8, 4) is 11.5 Å². The molecule has 7 nitrogen and oxygen atoms in total. The van der Waals surface area contributed by atoms with E-state index in [9.17, 15) is 13.2 Å². The van der Waals surface area contributed by atoms with Gasteiger partial charge >= 0.3 is 0 Å². The second kappa shape index (κ2) is 9.97. The van der Waals surface area contributed by atoms with Gasteiger partial charge in [0, 0.05) is 35.4 Å². The fourth-order valence-electron chi connectivity index (χ4n) is 3.76. The average molecular weight is 475 g/mol. The van der Waals surface area contributed by atoms with Gasteiger partial charge in [-0.1, -0.05) is 30.3 Å². The van der Waals surface area contributed by atoms with Crippen LogP contribution in [-0.4, -0.2) is 51.2 Å². The predicted molar refractivity (Wildman–Crippen MR) is 127 cm³/mol. The van der Waals surface area contributed by atoms with Crippen LogP contribution in [0.4, 0.5) is 5.69 Å². The number of nitrogens with one attached hydrogen (secondary N) is 1. The maximum atomic E-state index is 12.9. The molecule has 0 atom stereocenters. The molecular weight excluding hydrogens is 448 g/mol. The van der Waals surface area contributed by atoms with Crippen molar-refractivity contribution in [1.29, 1.82) is 0 Å². The lowest BCUT2D eigenvalue weighted by Crippen LogP contribution is -2.40. The highest BCUT2D eigenvalue weighted by Gasteiger charge is 2.30. The normalized spacial score (nSPS) is 17.4. The van der Waals surface area contributed by atoms with Gasteiger partial charge in [0.25, 0.3) is 0 Å². The van der Waals surface area contributed by atoms with Gasteiger partial charge in [0.2, 0.25) is 15.9 Å². The number of carbonyl (C=O) groups is 1. The number of anilines is 1. The molecule has 2 aromatic carbocycles. The Morgan fingerprint density at radius 2 is 1.75 bits per heavy atom. The van der Waals surface area contributed by atoms with Gasteiger partial charge in [0.1, 0.15) is 13.2 Å². The lowest BCUT2D eigenvalue weighted by molar-refractivity contribution is -0.120. The van der Waals surface area contributed by atoms with E-state index in [2.05, 4.69) is 5.32 Å². The molecule has 0 saturated carbocycles. The smallest absolute Gasteiger partial charge is 0.236 e. The van der Waals surface area contributed by atoms with Crippen LogP contribution in [0.2, 0.25) is 0 Å². The number of thioether (sulfide) groups is 1. The molecule has 4 rings (SSSR count). The van der Waals surface area contributed by atoms with Crippen molar-refractivity contribution >= 4 is 39.5 Å². The monoisotopic (exact) mass is 474 g/mol. The molecule has 0 spiro atoms. The summed E-state index contributed by atoms with van der Waals surface area (Å²) in [5, 5.41) is 4.24. The van der Waals surface area contributed by atoms with Crippen LogP contribution in [0.1, 0.15) is 18.4 Å². The maximum Gasteiger partial charge on any atom is 0.236 e. The summed E-state index contributed by atoms with van der Waals surface area (Å²) in [6.07, 6.45) is 4.49. The van der Waals surface area contributed by atoms with Crippen molar-refractivity contribution in [3.63, 3.8) is 0 Å². The van der Waals surface area contributed by atoms with E-state index in [1.165, 1.54) is 21.5 Å². The summed E-state index contributed by atoms with van der Waals surface area (Å²) in [5.41, 5.74) is 1.52. The van der Waals surface area contributed by atoms with Gasteiger partial charge in [0.15, 0.2) is 11.5 Å². The molecule has 1 N–H and O–H groups in total. The summed E-state index contributed by atoms with van der Waals surface area (Å²) >= 11 is 1.52. The van der Waals surface area contributed by atoms with Crippen LogP contribution in [0.25, 0.3) is 6.08 Å². The molecule has 0 aliphatic carbocycles. The van der Waals surface area contributed by atoms with E-state index in [1.54, 1.807) is 12.1 Å². The van der Waals surface area contributed by atoms with Crippen LogP contribution in [0, 0.1) is 5.92 Å². The first-order valence-corrected chi connectivity index (χ1v) is 13.2. The molecule has 170 valence electrons. The number of hydrogen-bond acceptors (Lipinski definition) is 6. The molecule has 0 aromatic heterocycles. The zero-order valence-electron chi connectivity index (χ0n) is 17.8. The lowest BCUT2D eigenvalue weighted by atomic mass is 9.97. The van der Waals surface area contributed by atoms with E-state index in [4.69, 9.17) is 9.47 Å². The second-order valence-electron chi connectivity index (χ2n) is 7.62. The standard InChI is InChI=1S/C23H26N2O5S2/c1-31-22-16-21-20(29-12-13-30-21)15-19(22)24-23(26)18-7-10-25(11-8-18)32(27,28)14-9-17-5-3-2-4-6-17/h2-6,9,14-16,18H,7-8,10-13H2,1H3,(H,24,26)/b14-9+. The predicted octanol–water partition coefficient (Wildman–Crippen LogP) is 3.83. The van der Waals surface area contributed by atoms with Gasteiger partial charge in [-0.3, -0.25) is 4.79 Å². The number of nitrogens with zero attached hydrogens (tertiary/aromatic N) is 1. The minimum Gasteiger partial charge on any atom is -0.486 e. The van der Waals surface area contributed by atoms with Crippen molar-refractivity contribution in [3.05, 3.63) is 53.4 Å². The number of carbonyl (C=O) groups excluding carboxylic acids is 1. The van der Waals surface area contributed by atoms with Gasteiger partial charge in [-0.15, -0.1) is 11.8 Å². The van der Waals surface area contributed by atoms with Crippen LogP contribution in [0.5, 0.6) is 11.5 Å². The molecule has 9 heteroatoms. The second-order valence-corrected chi connectivity index (χ2v) is 10.3. The molecule has 2 aromatic rings. The van der Waals surface area contributed by atoms with Gasteiger partial charge < -0.3 is 14.8 Å². The molecule has 0 unspecified atom stereocenters. The first kappa shape index (κ1) is 22.7. The van der Waals surface area contributed by atoms with Crippen LogP contribution < -0.4 is 14.8 Å². The van der Waals surface area contributed by atoms with Crippen molar-refractivity contribution < 1.29 is 22.7 Å². The number of sulfonamides is 1. The van der Waals surface area contributed by atoms with Crippen LogP contribution >= 0.6 is 11.8 Å². The van der Waals surface area contributed by atoms with E-state index in [-0.39, 0.29) is 11.8 Å². The summed E-state index contributed by atoms with van der Waals surface area (Å²) < 4.78 is 38.0. The molecule has 2 aliphatic heterocycles. The SMILES string of the molecule is CSc1cc2c(cc1NC(=O)C1CCN(S(=O)(=O)/C=C/c3ccccc3)CC1)OCCO2. The summed E-state index contributed by atoms with van der Waals surface area (Å²) in [6, 6.07) is 13.0. The number of piperidine rings is 1. The topological polar surface area (TPSA) is 84.9 Å². The highest BCUT2D eigenvalue weighted by Crippen LogP contribution is 2.39. The van der Waals surface area contributed by atoms with Crippen LogP contribution in [0.3, 0.4) is 0 Å². The zero-order valence-corrected chi connectivity index (χ0v) is 19.5. The Balaban J connectivity index is 1.37. The Morgan fingerprint density at radius 1 is 1.09 bits per heavy atom. The molecule has 1 fully saturated rings. The first-order valence-electron chi connectivity index (χ1n) is 10.5. The molecule has 1 amide bonds. The molecule has 0 radical (unpaired) electrons. The van der Waals surface area contributed by atoms with Crippen molar-refractivity contribution in [1.82, 2.24) is 4.31 Å². The van der Waals surface area contributed by atoms with E-state index < -0.39 is 10.0 Å². The van der Waals surface area contributed by atoms with Crippen molar-refractivity contribution in [2.24, 2.45) is 5.92 Å². The van der Waals surface area contributed by atoms with E-state index in [0.717, 1.165) is 10.5 Å². The fraction of sp³-hybridized carbons (Fsp3) is 0.348. The van der Waals surface area contributed by atoms with Crippen molar-refractivity contribution in [2.75, 3.05) is 37.9 Å². The largest absolute Gasteiger partial charge is 0.486 e. The number of hydrogen-bond donors (Lipinski definition) is 1. The first-order chi connectivity index (χ1) is 15.5. The minimum atomic E-state index is -3.52. The Kier molecular flexibility index (Phi) is 7.07. The number of benzene rings is 2. The molecule has 1 saturated heterocycles. The number of amides is 1. The third-order valence-electron chi connectivity index (χ3n) is 5.54. The van der Waals surface area contributed by atoms with E-state index in [1.807, 2.05) is 42.7 Å². The van der Waals surface area contributed by atoms with Gasteiger partial charge in [0.05, 0.1) is 5.69 Å². The maximum absolute atomic E-state index is 12.9. The summed E-state index contributed by atoms with van der Waals surface area (Å²) in [6.45, 7) is 1.62. The number of fused-ring (bicyclic) bond motifs is 1. The summed E-state index contributed by atoms with van der Waals surface area (Å²) in [4.78, 5) is 13.8. The molecule has 2 aliphatic rings. The number of rotatable bonds is 6.